The van der Waals surface area contributed by atoms with Crippen LogP contribution in [0.4, 0.5) is 0 Å². The average Bonchev–Trinajstić information content (AvgIpc) is 2.61. The van der Waals surface area contributed by atoms with Gasteiger partial charge in [0.25, 0.3) is 10.0 Å². The molecule has 1 aromatic heterocycles. The number of nitrogens with one attached hydrogen (secondary N) is 1. The largest absolute Gasteiger partial charge is 0.252 e. The fraction of sp³-hybridized carbons (Fsp3) is 0.556. The molecule has 0 aromatic carbocycles. The zero-order chi connectivity index (χ0) is 12.3. The van der Waals surface area contributed by atoms with Gasteiger partial charge in [-0.2, -0.15) is 9.98 Å². The number of thiazole rings is 1. The molecule has 0 saturated carbocycles. The van der Waals surface area contributed by atoms with Gasteiger partial charge in [0.15, 0.2) is 4.21 Å². The smallest absolute Gasteiger partial charge is 0.249 e. The molecule has 0 radical (unpaired) electrons. The maximum atomic E-state index is 11.8. The maximum Gasteiger partial charge on any atom is 0.252 e. The highest BCUT2D eigenvalue weighted by molar-refractivity contribution is 7.91. The predicted molar refractivity (Wildman–Crippen MR) is 61.4 cm³/mol. The summed E-state index contributed by atoms with van der Waals surface area (Å²) in [4.78, 5) is 3.88. The quantitative estimate of drug-likeness (QED) is 0.883. The molecule has 16 heavy (non-hydrogen) atoms. The molecular weight excluding hydrogens is 246 g/mol. The normalized spacial score (nSPS) is 13.7. The molecule has 0 bridgehead atoms. The molecule has 0 fully saturated rings. The Morgan fingerprint density at radius 3 is 2.56 bits per heavy atom. The molecule has 1 heterocycles. The molecule has 1 aromatic rings. The number of rotatable bonds is 4. The van der Waals surface area contributed by atoms with Crippen molar-refractivity contribution in [2.45, 2.75) is 31.0 Å². The standard InChI is InChI=1S/C9H13N3O2S2/c1-6(2)8(4-10)12-16(13,14)9-5-11-7(3)15-9/h5-6,8,12H,1-3H3. The molecule has 0 saturated heterocycles. The fourth-order valence-corrected chi connectivity index (χ4v) is 3.42. The van der Waals surface area contributed by atoms with Crippen molar-refractivity contribution in [3.05, 3.63) is 11.2 Å². The van der Waals surface area contributed by atoms with Crippen molar-refractivity contribution in [3.8, 4) is 6.07 Å². The Hall–Kier alpha value is -0.970. The van der Waals surface area contributed by atoms with Crippen LogP contribution in [0.3, 0.4) is 0 Å². The van der Waals surface area contributed by atoms with E-state index in [0.29, 0.717) is 5.01 Å². The minimum Gasteiger partial charge on any atom is -0.249 e. The summed E-state index contributed by atoms with van der Waals surface area (Å²) in [7, 11) is -3.61. The topological polar surface area (TPSA) is 82.8 Å². The van der Waals surface area contributed by atoms with E-state index in [2.05, 4.69) is 9.71 Å². The van der Waals surface area contributed by atoms with Crippen LogP contribution in [0, 0.1) is 24.2 Å². The van der Waals surface area contributed by atoms with Crippen LogP contribution in [0.25, 0.3) is 0 Å². The first kappa shape index (κ1) is 13.1. The minimum absolute atomic E-state index is 0.0752. The van der Waals surface area contributed by atoms with Crippen molar-refractivity contribution in [2.24, 2.45) is 5.92 Å². The van der Waals surface area contributed by atoms with Crippen LogP contribution in [0.2, 0.25) is 0 Å². The zero-order valence-corrected chi connectivity index (χ0v) is 10.9. The first-order chi connectivity index (χ1) is 7.36. The first-order valence-corrected chi connectivity index (χ1v) is 7.01. The van der Waals surface area contributed by atoms with E-state index >= 15 is 0 Å². The van der Waals surface area contributed by atoms with Crippen LogP contribution >= 0.6 is 11.3 Å². The molecule has 0 amide bonds. The third-order valence-electron chi connectivity index (χ3n) is 1.95. The van der Waals surface area contributed by atoms with Gasteiger partial charge in [-0.1, -0.05) is 13.8 Å². The molecule has 1 N–H and O–H groups in total. The molecular formula is C9H13N3O2S2. The number of aromatic nitrogens is 1. The van der Waals surface area contributed by atoms with E-state index in [1.165, 1.54) is 6.20 Å². The van der Waals surface area contributed by atoms with Crippen LogP contribution in [0.1, 0.15) is 18.9 Å². The molecule has 0 aliphatic rings. The lowest BCUT2D eigenvalue weighted by atomic mass is 10.1. The van der Waals surface area contributed by atoms with Gasteiger partial charge in [-0.25, -0.2) is 13.4 Å². The highest BCUT2D eigenvalue weighted by atomic mass is 32.2. The van der Waals surface area contributed by atoms with Crippen LogP contribution < -0.4 is 4.72 Å². The summed E-state index contributed by atoms with van der Waals surface area (Å²) in [6, 6.07) is 1.21. The molecule has 7 heteroatoms. The monoisotopic (exact) mass is 259 g/mol. The number of sulfonamides is 1. The summed E-state index contributed by atoms with van der Waals surface area (Å²) in [5.41, 5.74) is 0. The molecule has 0 spiro atoms. The van der Waals surface area contributed by atoms with Crippen LogP contribution in [-0.4, -0.2) is 19.4 Å². The average molecular weight is 259 g/mol. The van der Waals surface area contributed by atoms with Crippen molar-refractivity contribution in [3.63, 3.8) is 0 Å². The highest BCUT2D eigenvalue weighted by Gasteiger charge is 2.23. The van der Waals surface area contributed by atoms with Crippen molar-refractivity contribution < 1.29 is 8.42 Å². The van der Waals surface area contributed by atoms with Gasteiger partial charge in [0.2, 0.25) is 0 Å². The van der Waals surface area contributed by atoms with Crippen LogP contribution in [-0.2, 0) is 10.0 Å². The predicted octanol–water partition coefficient (Wildman–Crippen LogP) is 1.28. The second-order valence-electron chi connectivity index (χ2n) is 3.67. The fourth-order valence-electron chi connectivity index (χ4n) is 1.00. The summed E-state index contributed by atoms with van der Waals surface area (Å²) in [6.07, 6.45) is 1.30. The molecule has 88 valence electrons. The van der Waals surface area contributed by atoms with E-state index in [9.17, 15) is 8.42 Å². The van der Waals surface area contributed by atoms with Gasteiger partial charge in [0, 0.05) is 0 Å². The van der Waals surface area contributed by atoms with E-state index in [4.69, 9.17) is 5.26 Å². The number of hydrogen-bond acceptors (Lipinski definition) is 5. The Morgan fingerprint density at radius 2 is 2.19 bits per heavy atom. The SMILES string of the molecule is Cc1ncc(S(=O)(=O)NC(C#N)C(C)C)s1. The van der Waals surface area contributed by atoms with Crippen molar-refractivity contribution in [2.75, 3.05) is 0 Å². The number of nitriles is 1. The van der Waals surface area contributed by atoms with E-state index < -0.39 is 16.1 Å². The number of nitrogens with zero attached hydrogens (tertiary/aromatic N) is 2. The molecule has 1 unspecified atom stereocenters. The molecule has 1 atom stereocenters. The van der Waals surface area contributed by atoms with Gasteiger partial charge in [-0.05, 0) is 12.8 Å². The Labute approximate surface area is 99.2 Å². The summed E-state index contributed by atoms with van der Waals surface area (Å²) in [6.45, 7) is 5.30. The summed E-state index contributed by atoms with van der Waals surface area (Å²) in [5.74, 6) is -0.0752. The van der Waals surface area contributed by atoms with Crippen molar-refractivity contribution >= 4 is 21.4 Å². The minimum atomic E-state index is -3.61. The Kier molecular flexibility index (Phi) is 4.02. The first-order valence-electron chi connectivity index (χ1n) is 4.71. The maximum absolute atomic E-state index is 11.8. The highest BCUT2D eigenvalue weighted by Crippen LogP contribution is 2.18. The number of hydrogen-bond donors (Lipinski definition) is 1. The van der Waals surface area contributed by atoms with E-state index in [1.54, 1.807) is 20.8 Å². The van der Waals surface area contributed by atoms with Crippen LogP contribution in [0.15, 0.2) is 10.4 Å². The van der Waals surface area contributed by atoms with E-state index in [0.717, 1.165) is 11.3 Å². The number of aryl methyl sites for hydroxylation is 1. The Morgan fingerprint density at radius 1 is 1.56 bits per heavy atom. The Bertz CT molecular complexity index is 499. The second kappa shape index (κ2) is 4.91. The summed E-state index contributed by atoms with van der Waals surface area (Å²) >= 11 is 1.09. The van der Waals surface area contributed by atoms with Crippen molar-refractivity contribution in [1.82, 2.24) is 9.71 Å². The molecule has 1 rings (SSSR count). The van der Waals surface area contributed by atoms with E-state index in [1.807, 2.05) is 6.07 Å². The van der Waals surface area contributed by atoms with Gasteiger partial charge >= 0.3 is 0 Å². The van der Waals surface area contributed by atoms with E-state index in [-0.39, 0.29) is 10.1 Å². The van der Waals surface area contributed by atoms with Gasteiger partial charge in [-0.3, -0.25) is 0 Å². The molecule has 0 aliphatic carbocycles. The summed E-state index contributed by atoms with van der Waals surface area (Å²) < 4.78 is 26.2. The van der Waals surface area contributed by atoms with Crippen LogP contribution in [0.5, 0.6) is 0 Å². The lowest BCUT2D eigenvalue weighted by Crippen LogP contribution is -2.36. The second-order valence-corrected chi connectivity index (χ2v) is 6.85. The van der Waals surface area contributed by atoms with Gasteiger partial charge in [0.05, 0.1) is 17.3 Å². The summed E-state index contributed by atoms with van der Waals surface area (Å²) in [5, 5.41) is 9.50. The molecule has 5 nitrogen and oxygen atoms in total. The van der Waals surface area contributed by atoms with Gasteiger partial charge in [0.1, 0.15) is 6.04 Å². The van der Waals surface area contributed by atoms with Gasteiger partial charge in [-0.15, -0.1) is 11.3 Å². The zero-order valence-electron chi connectivity index (χ0n) is 9.26. The molecule has 0 aliphatic heterocycles. The van der Waals surface area contributed by atoms with Gasteiger partial charge < -0.3 is 0 Å². The lowest BCUT2D eigenvalue weighted by molar-refractivity contribution is 0.516. The van der Waals surface area contributed by atoms with Crippen molar-refractivity contribution in [1.29, 1.82) is 5.26 Å². The third-order valence-corrected chi connectivity index (χ3v) is 4.77. The lowest BCUT2D eigenvalue weighted by Gasteiger charge is -2.13. The Balaban J connectivity index is 2.93. The third kappa shape index (κ3) is 3.01.